The Hall–Kier alpha value is -1.07. The first-order valence-electron chi connectivity index (χ1n) is 4.18. The van der Waals surface area contributed by atoms with Crippen molar-refractivity contribution in [2.45, 2.75) is 19.6 Å². The van der Waals surface area contributed by atoms with Gasteiger partial charge in [0.05, 0.1) is 0 Å². The highest BCUT2D eigenvalue weighted by Gasteiger charge is 2.12. The standard InChI is InChI=1S/C9H11F2NO2/c1-2-14-9(13)6-3-4-12-7(5-6)8(10)11/h3-5,8-9,13H,2H2,1H3. The number of ether oxygens (including phenoxy) is 1. The Morgan fingerprint density at radius 2 is 2.29 bits per heavy atom. The number of aliphatic hydroxyl groups is 1. The van der Waals surface area contributed by atoms with E-state index in [1.807, 2.05) is 0 Å². The number of pyridine rings is 1. The van der Waals surface area contributed by atoms with Crippen LogP contribution in [0.3, 0.4) is 0 Å². The Morgan fingerprint density at radius 1 is 1.57 bits per heavy atom. The Bertz CT molecular complexity index is 294. The van der Waals surface area contributed by atoms with Crippen LogP contribution in [0.15, 0.2) is 18.3 Å². The second-order valence-corrected chi connectivity index (χ2v) is 2.62. The van der Waals surface area contributed by atoms with E-state index in [9.17, 15) is 13.9 Å². The van der Waals surface area contributed by atoms with Crippen LogP contribution < -0.4 is 0 Å². The Morgan fingerprint density at radius 3 is 2.86 bits per heavy atom. The molecule has 1 aromatic rings. The molecule has 1 N–H and O–H groups in total. The van der Waals surface area contributed by atoms with Gasteiger partial charge in [0, 0.05) is 18.4 Å². The number of aliphatic hydroxyl groups excluding tert-OH is 1. The molecule has 1 rings (SSSR count). The molecule has 1 unspecified atom stereocenters. The molecule has 0 spiro atoms. The van der Waals surface area contributed by atoms with Gasteiger partial charge in [-0.15, -0.1) is 0 Å². The summed E-state index contributed by atoms with van der Waals surface area (Å²) in [5.74, 6) is 0. The molecule has 0 radical (unpaired) electrons. The molecule has 14 heavy (non-hydrogen) atoms. The molecule has 0 amide bonds. The summed E-state index contributed by atoms with van der Waals surface area (Å²) >= 11 is 0. The van der Waals surface area contributed by atoms with Gasteiger partial charge < -0.3 is 9.84 Å². The predicted molar refractivity (Wildman–Crippen MR) is 45.8 cm³/mol. The van der Waals surface area contributed by atoms with Crippen molar-refractivity contribution >= 4 is 0 Å². The first-order chi connectivity index (χ1) is 6.65. The number of rotatable bonds is 4. The average molecular weight is 203 g/mol. The van der Waals surface area contributed by atoms with Crippen LogP contribution in [0, 0.1) is 0 Å². The summed E-state index contributed by atoms with van der Waals surface area (Å²) in [5.41, 5.74) is -0.0709. The van der Waals surface area contributed by atoms with Gasteiger partial charge in [-0.05, 0) is 19.1 Å². The summed E-state index contributed by atoms with van der Waals surface area (Å²) in [6, 6.07) is 2.57. The van der Waals surface area contributed by atoms with Gasteiger partial charge >= 0.3 is 0 Å². The van der Waals surface area contributed by atoms with E-state index in [0.29, 0.717) is 6.61 Å². The fraction of sp³-hybridized carbons (Fsp3) is 0.444. The topological polar surface area (TPSA) is 42.4 Å². The summed E-state index contributed by atoms with van der Waals surface area (Å²) in [6.07, 6.45) is -2.58. The lowest BCUT2D eigenvalue weighted by Crippen LogP contribution is -2.04. The van der Waals surface area contributed by atoms with Crippen molar-refractivity contribution < 1.29 is 18.6 Å². The lowest BCUT2D eigenvalue weighted by molar-refractivity contribution is -0.0981. The quantitative estimate of drug-likeness (QED) is 0.761. The number of nitrogens with zero attached hydrogens (tertiary/aromatic N) is 1. The maximum absolute atomic E-state index is 12.2. The molecule has 5 heteroatoms. The third-order valence-electron chi connectivity index (χ3n) is 1.64. The first kappa shape index (κ1) is 11.0. The van der Waals surface area contributed by atoms with E-state index in [1.165, 1.54) is 12.3 Å². The van der Waals surface area contributed by atoms with Crippen LogP contribution >= 0.6 is 0 Å². The molecule has 0 aliphatic heterocycles. The van der Waals surface area contributed by atoms with Gasteiger partial charge in [-0.2, -0.15) is 0 Å². The van der Waals surface area contributed by atoms with Crippen LogP contribution in [0.25, 0.3) is 0 Å². The summed E-state index contributed by atoms with van der Waals surface area (Å²) in [5, 5.41) is 9.33. The van der Waals surface area contributed by atoms with Gasteiger partial charge in [-0.1, -0.05) is 0 Å². The third kappa shape index (κ3) is 2.71. The highest BCUT2D eigenvalue weighted by atomic mass is 19.3. The molecule has 78 valence electrons. The third-order valence-corrected chi connectivity index (χ3v) is 1.64. The van der Waals surface area contributed by atoms with Crippen LogP contribution in [-0.4, -0.2) is 16.7 Å². The zero-order valence-electron chi connectivity index (χ0n) is 7.65. The molecule has 1 heterocycles. The van der Waals surface area contributed by atoms with Crippen LogP contribution in [0.5, 0.6) is 0 Å². The number of hydrogen-bond donors (Lipinski definition) is 1. The zero-order valence-corrected chi connectivity index (χ0v) is 7.65. The van der Waals surface area contributed by atoms with Gasteiger partial charge in [-0.25, -0.2) is 8.78 Å². The molecule has 0 bridgehead atoms. The number of aromatic nitrogens is 1. The highest BCUT2D eigenvalue weighted by Crippen LogP contribution is 2.20. The van der Waals surface area contributed by atoms with E-state index in [4.69, 9.17) is 4.74 Å². The molecule has 0 saturated carbocycles. The van der Waals surface area contributed by atoms with Crippen molar-refractivity contribution in [3.63, 3.8) is 0 Å². The number of halogens is 2. The van der Waals surface area contributed by atoms with E-state index in [2.05, 4.69) is 4.98 Å². The summed E-state index contributed by atoms with van der Waals surface area (Å²) in [4.78, 5) is 3.46. The van der Waals surface area contributed by atoms with Crippen molar-refractivity contribution in [3.05, 3.63) is 29.6 Å². The largest absolute Gasteiger partial charge is 0.364 e. The normalized spacial score (nSPS) is 13.2. The minimum absolute atomic E-state index is 0.289. The lowest BCUT2D eigenvalue weighted by Gasteiger charge is -2.11. The van der Waals surface area contributed by atoms with Crippen molar-refractivity contribution in [2.24, 2.45) is 0 Å². The summed E-state index contributed by atoms with van der Waals surface area (Å²) in [6.45, 7) is 2.02. The molecule has 0 aliphatic rings. The van der Waals surface area contributed by atoms with E-state index in [-0.39, 0.29) is 11.3 Å². The molecule has 0 saturated heterocycles. The van der Waals surface area contributed by atoms with Gasteiger partial charge in [0.15, 0.2) is 6.29 Å². The summed E-state index contributed by atoms with van der Waals surface area (Å²) < 4.78 is 29.3. The number of alkyl halides is 2. The monoisotopic (exact) mass is 203 g/mol. The van der Waals surface area contributed by atoms with Gasteiger partial charge in [0.1, 0.15) is 5.69 Å². The SMILES string of the molecule is CCOC(O)c1ccnc(C(F)F)c1. The molecular weight excluding hydrogens is 192 g/mol. The first-order valence-corrected chi connectivity index (χ1v) is 4.18. The maximum atomic E-state index is 12.2. The smallest absolute Gasteiger partial charge is 0.280 e. The van der Waals surface area contributed by atoms with Crippen molar-refractivity contribution in [1.29, 1.82) is 0 Å². The van der Waals surface area contributed by atoms with Crippen LogP contribution in [0.4, 0.5) is 8.78 Å². The van der Waals surface area contributed by atoms with Crippen LogP contribution in [0.1, 0.15) is 30.9 Å². The van der Waals surface area contributed by atoms with E-state index in [1.54, 1.807) is 6.92 Å². The molecule has 0 fully saturated rings. The Kier molecular flexibility index (Phi) is 3.91. The lowest BCUT2D eigenvalue weighted by atomic mass is 10.2. The fourth-order valence-electron chi connectivity index (χ4n) is 0.993. The Labute approximate surface area is 80.3 Å². The maximum Gasteiger partial charge on any atom is 0.280 e. The van der Waals surface area contributed by atoms with Gasteiger partial charge in [-0.3, -0.25) is 4.98 Å². The molecular formula is C9H11F2NO2. The second-order valence-electron chi connectivity index (χ2n) is 2.62. The fourth-order valence-corrected chi connectivity index (χ4v) is 0.993. The molecule has 0 aliphatic carbocycles. The molecule has 1 atom stereocenters. The van der Waals surface area contributed by atoms with Crippen molar-refractivity contribution in [2.75, 3.05) is 6.61 Å². The second kappa shape index (κ2) is 4.97. The summed E-state index contributed by atoms with van der Waals surface area (Å²) in [7, 11) is 0. The zero-order chi connectivity index (χ0) is 10.6. The highest BCUT2D eigenvalue weighted by molar-refractivity contribution is 5.18. The predicted octanol–water partition coefficient (Wildman–Crippen LogP) is 2.05. The number of hydrogen-bond acceptors (Lipinski definition) is 3. The Balaban J connectivity index is 2.82. The molecule has 3 nitrogen and oxygen atoms in total. The van der Waals surface area contributed by atoms with E-state index >= 15 is 0 Å². The minimum Gasteiger partial charge on any atom is -0.364 e. The molecule has 1 aromatic heterocycles. The van der Waals surface area contributed by atoms with Crippen LogP contribution in [0.2, 0.25) is 0 Å². The van der Waals surface area contributed by atoms with Crippen molar-refractivity contribution in [1.82, 2.24) is 4.98 Å². The van der Waals surface area contributed by atoms with Gasteiger partial charge in [0.2, 0.25) is 0 Å². The minimum atomic E-state index is -2.64. The van der Waals surface area contributed by atoms with E-state index < -0.39 is 12.7 Å². The van der Waals surface area contributed by atoms with E-state index in [0.717, 1.165) is 6.07 Å². The van der Waals surface area contributed by atoms with Crippen LogP contribution in [-0.2, 0) is 4.74 Å². The van der Waals surface area contributed by atoms with Crippen molar-refractivity contribution in [3.8, 4) is 0 Å². The van der Waals surface area contributed by atoms with Gasteiger partial charge in [0.25, 0.3) is 6.43 Å². The average Bonchev–Trinajstić information content (AvgIpc) is 2.18. The molecule has 0 aromatic carbocycles.